The van der Waals surface area contributed by atoms with Crippen molar-refractivity contribution in [3.05, 3.63) is 40.2 Å². The van der Waals surface area contributed by atoms with Crippen LogP contribution in [-0.2, 0) is 0 Å². The van der Waals surface area contributed by atoms with E-state index in [0.717, 1.165) is 0 Å². The molecule has 0 spiro atoms. The standard InChI is InChI=1S/C9H7N3O2/c1-6-4-7-8(11-3-2-10-7)5-9(6)12(13)14/h2-5H,1H3. The van der Waals surface area contributed by atoms with Gasteiger partial charge in [-0.2, -0.15) is 0 Å². The summed E-state index contributed by atoms with van der Waals surface area (Å²) >= 11 is 0. The second kappa shape index (κ2) is 3.02. The summed E-state index contributed by atoms with van der Waals surface area (Å²) in [6.07, 6.45) is 3.08. The van der Waals surface area contributed by atoms with Gasteiger partial charge in [-0.25, -0.2) is 0 Å². The summed E-state index contributed by atoms with van der Waals surface area (Å²) in [7, 11) is 0. The van der Waals surface area contributed by atoms with E-state index in [2.05, 4.69) is 9.97 Å². The zero-order chi connectivity index (χ0) is 10.1. The minimum atomic E-state index is -0.413. The van der Waals surface area contributed by atoms with Gasteiger partial charge in [0.25, 0.3) is 5.69 Å². The van der Waals surface area contributed by atoms with Crippen molar-refractivity contribution in [2.75, 3.05) is 0 Å². The second-order valence-corrected chi connectivity index (χ2v) is 2.94. The topological polar surface area (TPSA) is 68.9 Å². The van der Waals surface area contributed by atoms with Crippen LogP contribution in [0.5, 0.6) is 0 Å². The van der Waals surface area contributed by atoms with Gasteiger partial charge in [0.1, 0.15) is 0 Å². The quantitative estimate of drug-likeness (QED) is 0.507. The van der Waals surface area contributed by atoms with E-state index in [1.165, 1.54) is 12.3 Å². The first kappa shape index (κ1) is 8.55. The van der Waals surface area contributed by atoms with Crippen LogP contribution < -0.4 is 0 Å². The minimum Gasteiger partial charge on any atom is -0.258 e. The van der Waals surface area contributed by atoms with Gasteiger partial charge in [-0.15, -0.1) is 0 Å². The van der Waals surface area contributed by atoms with Crippen LogP contribution in [0.2, 0.25) is 0 Å². The van der Waals surface area contributed by atoms with Crippen LogP contribution in [0, 0.1) is 17.0 Å². The molecule has 0 aliphatic rings. The number of nitro benzene ring substituents is 1. The van der Waals surface area contributed by atoms with Gasteiger partial charge in [-0.05, 0) is 13.0 Å². The third kappa shape index (κ3) is 1.28. The first-order chi connectivity index (χ1) is 6.68. The molecule has 14 heavy (non-hydrogen) atoms. The summed E-state index contributed by atoms with van der Waals surface area (Å²) in [6, 6.07) is 3.11. The fourth-order valence-corrected chi connectivity index (χ4v) is 1.30. The monoisotopic (exact) mass is 189 g/mol. The zero-order valence-corrected chi connectivity index (χ0v) is 7.47. The summed E-state index contributed by atoms with van der Waals surface area (Å²) in [5.74, 6) is 0. The van der Waals surface area contributed by atoms with Crippen molar-refractivity contribution in [3.8, 4) is 0 Å². The van der Waals surface area contributed by atoms with Gasteiger partial charge in [0.2, 0.25) is 0 Å². The van der Waals surface area contributed by atoms with Crippen molar-refractivity contribution in [1.82, 2.24) is 9.97 Å². The SMILES string of the molecule is Cc1cc2nccnc2cc1[N+](=O)[O-]. The van der Waals surface area contributed by atoms with Gasteiger partial charge in [-0.3, -0.25) is 20.1 Å². The Bertz CT molecular complexity index is 510. The van der Waals surface area contributed by atoms with Crippen LogP contribution in [0.3, 0.4) is 0 Å². The van der Waals surface area contributed by atoms with Gasteiger partial charge in [0.05, 0.1) is 16.0 Å². The molecular formula is C9H7N3O2. The lowest BCUT2D eigenvalue weighted by molar-refractivity contribution is -0.385. The third-order valence-corrected chi connectivity index (χ3v) is 1.98. The number of nitrogens with zero attached hydrogens (tertiary/aromatic N) is 3. The molecule has 0 bridgehead atoms. The predicted molar refractivity (Wildman–Crippen MR) is 50.9 cm³/mol. The molecule has 5 nitrogen and oxygen atoms in total. The lowest BCUT2D eigenvalue weighted by atomic mass is 10.2. The van der Waals surface area contributed by atoms with Crippen molar-refractivity contribution in [1.29, 1.82) is 0 Å². The average Bonchev–Trinajstić information content (AvgIpc) is 2.16. The normalized spacial score (nSPS) is 10.4. The van der Waals surface area contributed by atoms with Crippen LogP contribution in [0.4, 0.5) is 5.69 Å². The molecular weight excluding hydrogens is 182 g/mol. The van der Waals surface area contributed by atoms with E-state index in [4.69, 9.17) is 0 Å². The summed E-state index contributed by atoms with van der Waals surface area (Å²) < 4.78 is 0. The molecule has 0 fully saturated rings. The highest BCUT2D eigenvalue weighted by molar-refractivity contribution is 5.78. The Balaban J connectivity index is 2.77. The Morgan fingerprint density at radius 1 is 1.21 bits per heavy atom. The fraction of sp³-hybridized carbons (Fsp3) is 0.111. The highest BCUT2D eigenvalue weighted by Gasteiger charge is 2.11. The molecule has 0 aliphatic heterocycles. The Kier molecular flexibility index (Phi) is 1.85. The molecule has 0 saturated heterocycles. The van der Waals surface area contributed by atoms with Gasteiger partial charge >= 0.3 is 0 Å². The zero-order valence-electron chi connectivity index (χ0n) is 7.47. The van der Waals surface area contributed by atoms with Gasteiger partial charge in [0, 0.05) is 24.0 Å². The number of fused-ring (bicyclic) bond motifs is 1. The second-order valence-electron chi connectivity index (χ2n) is 2.94. The van der Waals surface area contributed by atoms with Crippen molar-refractivity contribution in [2.24, 2.45) is 0 Å². The van der Waals surface area contributed by atoms with Gasteiger partial charge in [-0.1, -0.05) is 0 Å². The lowest BCUT2D eigenvalue weighted by Crippen LogP contribution is -1.93. The molecule has 5 heteroatoms. The number of benzene rings is 1. The summed E-state index contributed by atoms with van der Waals surface area (Å²) in [4.78, 5) is 18.3. The van der Waals surface area contributed by atoms with E-state index in [0.29, 0.717) is 16.6 Å². The first-order valence-corrected chi connectivity index (χ1v) is 4.04. The van der Waals surface area contributed by atoms with Crippen LogP contribution in [0.25, 0.3) is 11.0 Å². The molecule has 70 valence electrons. The predicted octanol–water partition coefficient (Wildman–Crippen LogP) is 1.85. The molecule has 0 amide bonds. The van der Waals surface area contributed by atoms with E-state index in [1.54, 1.807) is 19.2 Å². The fourth-order valence-electron chi connectivity index (χ4n) is 1.30. The third-order valence-electron chi connectivity index (χ3n) is 1.98. The maximum absolute atomic E-state index is 10.6. The van der Waals surface area contributed by atoms with Crippen LogP contribution in [-0.4, -0.2) is 14.9 Å². The number of hydrogen-bond donors (Lipinski definition) is 0. The van der Waals surface area contributed by atoms with Gasteiger partial charge in [0.15, 0.2) is 0 Å². The Morgan fingerprint density at radius 2 is 1.79 bits per heavy atom. The molecule has 0 radical (unpaired) electrons. The van der Waals surface area contributed by atoms with E-state index < -0.39 is 4.92 Å². The highest BCUT2D eigenvalue weighted by Crippen LogP contribution is 2.22. The Labute approximate surface area is 79.6 Å². The van der Waals surface area contributed by atoms with Crippen LogP contribution in [0.1, 0.15) is 5.56 Å². The molecule has 0 atom stereocenters. The number of aromatic nitrogens is 2. The first-order valence-electron chi connectivity index (χ1n) is 4.04. The summed E-state index contributed by atoms with van der Waals surface area (Å²) in [6.45, 7) is 1.69. The highest BCUT2D eigenvalue weighted by atomic mass is 16.6. The molecule has 2 aromatic rings. The molecule has 0 saturated carbocycles. The Hall–Kier alpha value is -2.04. The molecule has 0 N–H and O–H groups in total. The van der Waals surface area contributed by atoms with Crippen LogP contribution >= 0.6 is 0 Å². The number of nitro groups is 1. The van der Waals surface area contributed by atoms with Gasteiger partial charge < -0.3 is 0 Å². The molecule has 1 heterocycles. The molecule has 2 rings (SSSR count). The maximum Gasteiger partial charge on any atom is 0.274 e. The smallest absolute Gasteiger partial charge is 0.258 e. The Morgan fingerprint density at radius 3 is 2.36 bits per heavy atom. The van der Waals surface area contributed by atoms with E-state index in [1.807, 2.05) is 0 Å². The van der Waals surface area contributed by atoms with Crippen molar-refractivity contribution < 1.29 is 4.92 Å². The van der Waals surface area contributed by atoms with E-state index >= 15 is 0 Å². The van der Waals surface area contributed by atoms with Crippen LogP contribution in [0.15, 0.2) is 24.5 Å². The van der Waals surface area contributed by atoms with Crippen molar-refractivity contribution >= 4 is 16.7 Å². The summed E-state index contributed by atoms with van der Waals surface area (Å²) in [5.41, 5.74) is 1.90. The van der Waals surface area contributed by atoms with E-state index in [9.17, 15) is 10.1 Å². The molecule has 1 aromatic heterocycles. The maximum atomic E-state index is 10.6. The lowest BCUT2D eigenvalue weighted by Gasteiger charge is -1.98. The molecule has 0 aliphatic carbocycles. The summed E-state index contributed by atoms with van der Waals surface area (Å²) in [5, 5.41) is 10.6. The molecule has 0 unspecified atom stereocenters. The van der Waals surface area contributed by atoms with Crippen molar-refractivity contribution in [2.45, 2.75) is 6.92 Å². The average molecular weight is 189 g/mol. The minimum absolute atomic E-state index is 0.0815. The largest absolute Gasteiger partial charge is 0.274 e. The number of rotatable bonds is 1. The molecule has 1 aromatic carbocycles. The number of aryl methyl sites for hydroxylation is 1. The van der Waals surface area contributed by atoms with Crippen molar-refractivity contribution in [3.63, 3.8) is 0 Å². The number of hydrogen-bond acceptors (Lipinski definition) is 4. The van der Waals surface area contributed by atoms with E-state index in [-0.39, 0.29) is 5.69 Å².